The van der Waals surface area contributed by atoms with Gasteiger partial charge in [-0.15, -0.1) is 0 Å². The van der Waals surface area contributed by atoms with Crippen molar-refractivity contribution in [3.05, 3.63) is 34.3 Å². The van der Waals surface area contributed by atoms with E-state index in [1.165, 1.54) is 0 Å². The van der Waals surface area contributed by atoms with Crippen molar-refractivity contribution in [2.45, 2.75) is 12.5 Å². The zero-order chi connectivity index (χ0) is 9.84. The van der Waals surface area contributed by atoms with Gasteiger partial charge in [-0.1, -0.05) is 28.1 Å². The summed E-state index contributed by atoms with van der Waals surface area (Å²) >= 11 is 3.33. The van der Waals surface area contributed by atoms with Crippen molar-refractivity contribution in [2.75, 3.05) is 0 Å². The highest BCUT2D eigenvalue weighted by molar-refractivity contribution is 9.10. The summed E-state index contributed by atoms with van der Waals surface area (Å²) in [6.07, 6.45) is 0.481. The van der Waals surface area contributed by atoms with E-state index in [-0.39, 0.29) is 0 Å². The number of primary amides is 1. The monoisotopic (exact) mass is 242 g/mol. The van der Waals surface area contributed by atoms with E-state index in [2.05, 4.69) is 15.9 Å². The Morgan fingerprint density at radius 1 is 1.54 bits per heavy atom. The van der Waals surface area contributed by atoms with Crippen molar-refractivity contribution in [1.29, 1.82) is 0 Å². The second-order valence-electron chi connectivity index (χ2n) is 2.84. The Hall–Kier alpha value is -0.870. The average molecular weight is 243 g/mol. The molecule has 0 aliphatic heterocycles. The maximum Gasteiger partial charge on any atom is 0.234 e. The van der Waals surface area contributed by atoms with Gasteiger partial charge < -0.3 is 11.5 Å². The zero-order valence-electron chi connectivity index (χ0n) is 7.03. The summed E-state index contributed by atoms with van der Waals surface area (Å²) in [5.41, 5.74) is 11.6. The number of benzene rings is 1. The molecule has 0 fully saturated rings. The van der Waals surface area contributed by atoms with Gasteiger partial charge in [0.25, 0.3) is 0 Å². The third-order valence-electron chi connectivity index (χ3n) is 1.71. The summed E-state index contributed by atoms with van der Waals surface area (Å²) in [5.74, 6) is -0.472. The van der Waals surface area contributed by atoms with E-state index in [1.54, 1.807) is 0 Å². The van der Waals surface area contributed by atoms with Crippen LogP contribution in [0.3, 0.4) is 0 Å². The van der Waals surface area contributed by atoms with Crippen LogP contribution in [0.25, 0.3) is 0 Å². The molecule has 0 aliphatic carbocycles. The minimum Gasteiger partial charge on any atom is -0.368 e. The van der Waals surface area contributed by atoms with Gasteiger partial charge in [0.15, 0.2) is 0 Å². The number of carbonyl (C=O) groups is 1. The lowest BCUT2D eigenvalue weighted by Gasteiger charge is -2.06. The molecule has 0 saturated carbocycles. The number of rotatable bonds is 3. The highest BCUT2D eigenvalue weighted by Gasteiger charge is 2.09. The van der Waals surface area contributed by atoms with Gasteiger partial charge in [0, 0.05) is 4.47 Å². The van der Waals surface area contributed by atoms with Gasteiger partial charge in [0.05, 0.1) is 6.04 Å². The number of amides is 1. The molecule has 0 aromatic heterocycles. The lowest BCUT2D eigenvalue weighted by Crippen LogP contribution is -2.38. The van der Waals surface area contributed by atoms with Crippen LogP contribution in [0.15, 0.2) is 28.7 Å². The largest absolute Gasteiger partial charge is 0.368 e. The van der Waals surface area contributed by atoms with Gasteiger partial charge in [-0.2, -0.15) is 0 Å². The van der Waals surface area contributed by atoms with E-state index in [1.807, 2.05) is 24.3 Å². The third kappa shape index (κ3) is 3.16. The molecule has 0 heterocycles. The van der Waals surface area contributed by atoms with Crippen molar-refractivity contribution >= 4 is 21.8 Å². The van der Waals surface area contributed by atoms with E-state index in [0.717, 1.165) is 10.0 Å². The van der Waals surface area contributed by atoms with Gasteiger partial charge in [-0.25, -0.2) is 0 Å². The van der Waals surface area contributed by atoms with Crippen LogP contribution >= 0.6 is 15.9 Å². The first kappa shape index (κ1) is 10.2. The van der Waals surface area contributed by atoms with Crippen LogP contribution in [0.1, 0.15) is 5.56 Å². The standard InChI is InChI=1S/C9H11BrN2O/c10-7-3-1-2-6(4-7)5-8(11)9(12)13/h1-4,8H,5,11H2,(H2,12,13). The van der Waals surface area contributed by atoms with Gasteiger partial charge in [-0.05, 0) is 24.1 Å². The molecule has 0 bridgehead atoms. The first-order valence-electron chi connectivity index (χ1n) is 3.89. The van der Waals surface area contributed by atoms with E-state index >= 15 is 0 Å². The van der Waals surface area contributed by atoms with Gasteiger partial charge >= 0.3 is 0 Å². The van der Waals surface area contributed by atoms with Crippen molar-refractivity contribution in [3.8, 4) is 0 Å². The van der Waals surface area contributed by atoms with Crippen LogP contribution in [0.2, 0.25) is 0 Å². The fourth-order valence-corrected chi connectivity index (χ4v) is 1.47. The summed E-state index contributed by atoms with van der Waals surface area (Å²) in [4.78, 5) is 10.7. The second kappa shape index (κ2) is 4.39. The van der Waals surface area contributed by atoms with E-state index < -0.39 is 11.9 Å². The zero-order valence-corrected chi connectivity index (χ0v) is 8.62. The molecule has 1 rings (SSSR count). The molecule has 4 N–H and O–H groups in total. The molecule has 1 aromatic carbocycles. The SMILES string of the molecule is NC(=O)C(N)Cc1cccc(Br)c1. The topological polar surface area (TPSA) is 69.1 Å². The van der Waals surface area contributed by atoms with Crippen molar-refractivity contribution in [3.63, 3.8) is 0 Å². The lowest BCUT2D eigenvalue weighted by atomic mass is 10.1. The molecule has 0 aliphatic rings. The van der Waals surface area contributed by atoms with Crippen LogP contribution in [-0.2, 0) is 11.2 Å². The summed E-state index contributed by atoms with van der Waals surface area (Å²) in [5, 5.41) is 0. The minimum atomic E-state index is -0.603. The maximum absolute atomic E-state index is 10.7. The quantitative estimate of drug-likeness (QED) is 0.824. The smallest absolute Gasteiger partial charge is 0.234 e. The van der Waals surface area contributed by atoms with Gasteiger partial charge in [0.1, 0.15) is 0 Å². The molecule has 4 heteroatoms. The molecule has 1 aromatic rings. The van der Waals surface area contributed by atoms with Crippen LogP contribution in [0.4, 0.5) is 0 Å². The molecule has 1 atom stereocenters. The number of carbonyl (C=O) groups excluding carboxylic acids is 1. The third-order valence-corrected chi connectivity index (χ3v) is 2.20. The Bertz CT molecular complexity index is 314. The predicted molar refractivity (Wildman–Crippen MR) is 55.0 cm³/mol. The van der Waals surface area contributed by atoms with Crippen LogP contribution in [0.5, 0.6) is 0 Å². The maximum atomic E-state index is 10.7. The molecule has 1 amide bonds. The summed E-state index contributed by atoms with van der Waals surface area (Å²) in [7, 11) is 0. The van der Waals surface area contributed by atoms with Crippen molar-refractivity contribution < 1.29 is 4.79 Å². The van der Waals surface area contributed by atoms with Crippen molar-refractivity contribution in [2.24, 2.45) is 11.5 Å². The fourth-order valence-electron chi connectivity index (χ4n) is 1.02. The van der Waals surface area contributed by atoms with Gasteiger partial charge in [-0.3, -0.25) is 4.79 Å². The Labute approximate surface area is 85.2 Å². The Morgan fingerprint density at radius 2 is 2.23 bits per heavy atom. The number of hydrogen-bond donors (Lipinski definition) is 2. The fraction of sp³-hybridized carbons (Fsp3) is 0.222. The second-order valence-corrected chi connectivity index (χ2v) is 3.76. The molecular formula is C9H11BrN2O. The van der Waals surface area contributed by atoms with E-state index in [0.29, 0.717) is 6.42 Å². The summed E-state index contributed by atoms with van der Waals surface area (Å²) in [6.45, 7) is 0. The first-order valence-corrected chi connectivity index (χ1v) is 4.68. The van der Waals surface area contributed by atoms with Crippen LogP contribution in [-0.4, -0.2) is 11.9 Å². The van der Waals surface area contributed by atoms with E-state index in [4.69, 9.17) is 11.5 Å². The van der Waals surface area contributed by atoms with E-state index in [9.17, 15) is 4.79 Å². The summed E-state index contributed by atoms with van der Waals surface area (Å²) in [6, 6.07) is 7.04. The lowest BCUT2D eigenvalue weighted by molar-refractivity contribution is -0.119. The van der Waals surface area contributed by atoms with Crippen molar-refractivity contribution in [1.82, 2.24) is 0 Å². The van der Waals surface area contributed by atoms with Gasteiger partial charge in [0.2, 0.25) is 5.91 Å². The average Bonchev–Trinajstić information content (AvgIpc) is 2.04. The number of nitrogens with two attached hydrogens (primary N) is 2. The minimum absolute atomic E-state index is 0.472. The number of halogens is 1. The molecular weight excluding hydrogens is 232 g/mol. The molecule has 70 valence electrons. The highest BCUT2D eigenvalue weighted by Crippen LogP contribution is 2.12. The number of hydrogen-bond acceptors (Lipinski definition) is 2. The molecule has 0 radical (unpaired) electrons. The normalized spacial score (nSPS) is 12.5. The molecule has 0 saturated heterocycles. The molecule has 1 unspecified atom stereocenters. The molecule has 0 spiro atoms. The molecule has 13 heavy (non-hydrogen) atoms. The predicted octanol–water partition coefficient (Wildman–Crippen LogP) is 0.804. The Kier molecular flexibility index (Phi) is 3.45. The Balaban J connectivity index is 2.69. The van der Waals surface area contributed by atoms with Crippen LogP contribution in [0, 0.1) is 0 Å². The Morgan fingerprint density at radius 3 is 2.77 bits per heavy atom. The first-order chi connectivity index (χ1) is 6.09. The summed E-state index contributed by atoms with van der Waals surface area (Å²) < 4.78 is 0.974. The molecule has 3 nitrogen and oxygen atoms in total. The van der Waals surface area contributed by atoms with Crippen LogP contribution < -0.4 is 11.5 Å². The highest BCUT2D eigenvalue weighted by atomic mass is 79.9.